The summed E-state index contributed by atoms with van der Waals surface area (Å²) in [4.78, 5) is 12.6. The van der Waals surface area contributed by atoms with Gasteiger partial charge in [-0.05, 0) is 18.2 Å². The summed E-state index contributed by atoms with van der Waals surface area (Å²) in [5, 5.41) is 14.1. The third-order valence-electron chi connectivity index (χ3n) is 2.52. The van der Waals surface area contributed by atoms with Crippen LogP contribution in [0.5, 0.6) is 0 Å². The minimum absolute atomic E-state index is 0. The summed E-state index contributed by atoms with van der Waals surface area (Å²) in [5.74, 6) is -0.128. The molecule has 0 bridgehead atoms. The smallest absolute Gasteiger partial charge is 0.238 e. The Kier molecular flexibility index (Phi) is 9.46. The number of anilines is 1. The number of hydrogen-bond acceptors (Lipinski definition) is 7. The molecule has 2 rings (SSSR count). The number of aromatic nitrogens is 2. The van der Waals surface area contributed by atoms with Crippen LogP contribution >= 0.6 is 47.1 Å². The zero-order chi connectivity index (χ0) is 15.8. The quantitative estimate of drug-likeness (QED) is 0.670. The van der Waals surface area contributed by atoms with Gasteiger partial charge in [0.25, 0.3) is 0 Å². The number of ether oxygens (including phenoxy) is 1. The molecular weight excluding hydrogens is 379 g/mol. The van der Waals surface area contributed by atoms with Crippen LogP contribution in [0.1, 0.15) is 0 Å². The fourth-order valence-corrected chi connectivity index (χ4v) is 3.28. The van der Waals surface area contributed by atoms with Crippen molar-refractivity contribution in [3.05, 3.63) is 28.7 Å². The number of rotatable bonds is 8. The average molecular weight is 395 g/mol. The Labute approximate surface area is 153 Å². The molecule has 0 aliphatic carbocycles. The fourth-order valence-electron chi connectivity index (χ4n) is 1.54. The zero-order valence-corrected chi connectivity index (χ0v) is 15.4. The molecule has 6 nitrogen and oxygen atoms in total. The van der Waals surface area contributed by atoms with Crippen molar-refractivity contribution in [2.45, 2.75) is 9.24 Å². The summed E-state index contributed by atoms with van der Waals surface area (Å²) in [6.45, 7) is 1.42. The van der Waals surface area contributed by atoms with Crippen LogP contribution in [0.25, 0.3) is 0 Å². The van der Waals surface area contributed by atoms with Crippen molar-refractivity contribution >= 4 is 58.7 Å². The molecule has 10 heteroatoms. The minimum Gasteiger partial charge on any atom is -0.383 e. The van der Waals surface area contributed by atoms with Crippen LogP contribution in [0.3, 0.4) is 0 Å². The van der Waals surface area contributed by atoms with Gasteiger partial charge in [0.05, 0.1) is 18.2 Å². The SMILES string of the molecule is COCCNCC(=O)Nc1ccc(Sc2nncs2)c(Cl)c1.Cl. The normalized spacial score (nSPS) is 10.2. The molecule has 0 saturated heterocycles. The molecule has 2 N–H and O–H groups in total. The van der Waals surface area contributed by atoms with Crippen molar-refractivity contribution in [3.8, 4) is 0 Å². The van der Waals surface area contributed by atoms with Gasteiger partial charge in [-0.25, -0.2) is 0 Å². The predicted octanol–water partition coefficient (Wildman–Crippen LogP) is 2.94. The molecule has 1 aromatic heterocycles. The van der Waals surface area contributed by atoms with Crippen LogP contribution in [0, 0.1) is 0 Å². The van der Waals surface area contributed by atoms with Gasteiger partial charge < -0.3 is 15.4 Å². The molecule has 0 unspecified atom stereocenters. The highest BCUT2D eigenvalue weighted by Crippen LogP contribution is 2.35. The second-order valence-electron chi connectivity index (χ2n) is 4.17. The maximum absolute atomic E-state index is 11.7. The van der Waals surface area contributed by atoms with Crippen LogP contribution in [-0.2, 0) is 9.53 Å². The summed E-state index contributed by atoms with van der Waals surface area (Å²) < 4.78 is 5.71. The number of benzene rings is 1. The number of nitrogens with zero attached hydrogens (tertiary/aromatic N) is 2. The van der Waals surface area contributed by atoms with Gasteiger partial charge in [-0.15, -0.1) is 22.6 Å². The molecule has 0 saturated carbocycles. The lowest BCUT2D eigenvalue weighted by Gasteiger charge is -2.08. The third kappa shape index (κ3) is 7.03. The fraction of sp³-hybridized carbons (Fsp3) is 0.308. The van der Waals surface area contributed by atoms with E-state index in [-0.39, 0.29) is 24.9 Å². The van der Waals surface area contributed by atoms with E-state index in [1.54, 1.807) is 18.7 Å². The van der Waals surface area contributed by atoms with Gasteiger partial charge in [0.15, 0.2) is 4.34 Å². The van der Waals surface area contributed by atoms with Gasteiger partial charge in [0.1, 0.15) is 5.51 Å². The predicted molar refractivity (Wildman–Crippen MR) is 96.1 cm³/mol. The Morgan fingerprint density at radius 1 is 1.48 bits per heavy atom. The standard InChI is InChI=1S/C13H15ClN4O2S2.ClH/c1-20-5-4-15-7-12(19)17-9-2-3-11(10(14)6-9)22-13-18-16-8-21-13;/h2-3,6,8,15H,4-5,7H2,1H3,(H,17,19);1H. The van der Waals surface area contributed by atoms with Gasteiger partial charge in [0.2, 0.25) is 5.91 Å². The van der Waals surface area contributed by atoms with E-state index in [4.69, 9.17) is 16.3 Å². The Morgan fingerprint density at radius 3 is 2.96 bits per heavy atom. The topological polar surface area (TPSA) is 76.1 Å². The van der Waals surface area contributed by atoms with E-state index in [9.17, 15) is 4.79 Å². The second-order valence-corrected chi connectivity index (χ2v) is 6.70. The molecule has 0 aliphatic heterocycles. The molecule has 0 atom stereocenters. The van der Waals surface area contributed by atoms with E-state index in [2.05, 4.69) is 20.8 Å². The molecule has 0 spiro atoms. The van der Waals surface area contributed by atoms with E-state index < -0.39 is 0 Å². The molecule has 0 radical (unpaired) electrons. The lowest BCUT2D eigenvalue weighted by atomic mass is 10.3. The third-order valence-corrected chi connectivity index (χ3v) is 4.80. The Bertz CT molecular complexity index is 614. The van der Waals surface area contributed by atoms with E-state index in [0.717, 1.165) is 9.24 Å². The van der Waals surface area contributed by atoms with Gasteiger partial charge in [-0.2, -0.15) is 0 Å². The molecule has 1 amide bonds. The number of halogens is 2. The molecule has 1 aromatic carbocycles. The van der Waals surface area contributed by atoms with Gasteiger partial charge in [-0.1, -0.05) is 34.7 Å². The van der Waals surface area contributed by atoms with E-state index in [1.807, 2.05) is 12.1 Å². The number of nitrogens with one attached hydrogen (secondary N) is 2. The molecule has 126 valence electrons. The molecule has 1 heterocycles. The first-order chi connectivity index (χ1) is 10.7. The van der Waals surface area contributed by atoms with Gasteiger partial charge in [0, 0.05) is 24.2 Å². The second kappa shape index (κ2) is 10.8. The number of carbonyl (C=O) groups is 1. The van der Waals surface area contributed by atoms with Crippen molar-refractivity contribution in [1.29, 1.82) is 0 Å². The first-order valence-electron chi connectivity index (χ1n) is 6.42. The number of methoxy groups -OCH3 is 1. The Balaban J connectivity index is 0.00000264. The first-order valence-corrected chi connectivity index (χ1v) is 8.49. The number of carbonyl (C=O) groups excluding carboxylic acids is 1. The van der Waals surface area contributed by atoms with Gasteiger partial charge >= 0.3 is 0 Å². The molecule has 0 aliphatic rings. The highest BCUT2D eigenvalue weighted by atomic mass is 35.5. The summed E-state index contributed by atoms with van der Waals surface area (Å²) in [6.07, 6.45) is 0. The van der Waals surface area contributed by atoms with Crippen molar-refractivity contribution in [2.24, 2.45) is 0 Å². The van der Waals surface area contributed by atoms with E-state index in [1.165, 1.54) is 23.1 Å². The molecule has 23 heavy (non-hydrogen) atoms. The highest BCUT2D eigenvalue weighted by molar-refractivity contribution is 8.01. The average Bonchev–Trinajstić information content (AvgIpc) is 2.99. The van der Waals surface area contributed by atoms with E-state index in [0.29, 0.717) is 23.9 Å². The number of hydrogen-bond donors (Lipinski definition) is 2. The van der Waals surface area contributed by atoms with Gasteiger partial charge in [-0.3, -0.25) is 4.79 Å². The maximum Gasteiger partial charge on any atom is 0.238 e. The zero-order valence-electron chi connectivity index (χ0n) is 12.2. The highest BCUT2D eigenvalue weighted by Gasteiger charge is 2.08. The van der Waals surface area contributed by atoms with Crippen LogP contribution in [0.15, 0.2) is 32.9 Å². The van der Waals surface area contributed by atoms with Crippen LogP contribution in [0.2, 0.25) is 5.02 Å². The summed E-state index contributed by atoms with van der Waals surface area (Å²) in [6, 6.07) is 5.38. The van der Waals surface area contributed by atoms with Crippen molar-refractivity contribution in [1.82, 2.24) is 15.5 Å². The van der Waals surface area contributed by atoms with Crippen molar-refractivity contribution in [3.63, 3.8) is 0 Å². The lowest BCUT2D eigenvalue weighted by Crippen LogP contribution is -2.30. The molecular formula is C13H16Cl2N4O2S2. The Morgan fingerprint density at radius 2 is 2.30 bits per heavy atom. The Hall–Kier alpha value is -0.900. The van der Waals surface area contributed by atoms with Crippen LogP contribution < -0.4 is 10.6 Å². The lowest BCUT2D eigenvalue weighted by molar-refractivity contribution is -0.115. The van der Waals surface area contributed by atoms with E-state index >= 15 is 0 Å². The summed E-state index contributed by atoms with van der Waals surface area (Å²) in [5.41, 5.74) is 2.33. The maximum atomic E-state index is 11.7. The number of amides is 1. The largest absolute Gasteiger partial charge is 0.383 e. The molecule has 2 aromatic rings. The van der Waals surface area contributed by atoms with Crippen LogP contribution in [-0.4, -0.2) is 42.9 Å². The minimum atomic E-state index is -0.128. The summed E-state index contributed by atoms with van der Waals surface area (Å²) >= 11 is 9.12. The first kappa shape index (κ1) is 20.1. The van der Waals surface area contributed by atoms with Crippen LogP contribution in [0.4, 0.5) is 5.69 Å². The molecule has 0 fully saturated rings. The van der Waals surface area contributed by atoms with Crippen molar-refractivity contribution in [2.75, 3.05) is 32.1 Å². The summed E-state index contributed by atoms with van der Waals surface area (Å²) in [7, 11) is 1.62. The monoisotopic (exact) mass is 394 g/mol. The van der Waals surface area contributed by atoms with Crippen molar-refractivity contribution < 1.29 is 9.53 Å².